The maximum atomic E-state index is 11.4. The maximum Gasteiger partial charge on any atom is 0.119 e. The van der Waals surface area contributed by atoms with Crippen molar-refractivity contribution in [3.63, 3.8) is 0 Å². The zero-order valence-corrected chi connectivity index (χ0v) is 12.7. The lowest BCUT2D eigenvalue weighted by molar-refractivity contribution is -0.0102. The van der Waals surface area contributed by atoms with E-state index in [9.17, 15) is 5.11 Å². The molecule has 4 heteroatoms. The van der Waals surface area contributed by atoms with Crippen molar-refractivity contribution < 1.29 is 5.11 Å². The van der Waals surface area contributed by atoms with Crippen molar-refractivity contribution in [3.05, 3.63) is 44.8 Å². The van der Waals surface area contributed by atoms with E-state index >= 15 is 0 Å². The molecule has 0 saturated carbocycles. The zero-order chi connectivity index (χ0) is 13.3. The number of likely N-dealkylation sites (tertiary alicyclic amines) is 1. The van der Waals surface area contributed by atoms with E-state index in [2.05, 4.69) is 45.6 Å². The average Bonchev–Trinajstić information content (AvgIpc) is 3.12. The molecule has 2 nitrogen and oxygen atoms in total. The van der Waals surface area contributed by atoms with Gasteiger partial charge in [0.05, 0.1) is 0 Å². The van der Waals surface area contributed by atoms with E-state index in [1.54, 1.807) is 22.7 Å². The molecule has 0 amide bonds. The van der Waals surface area contributed by atoms with E-state index in [0.717, 1.165) is 37.1 Å². The van der Waals surface area contributed by atoms with E-state index in [0.29, 0.717) is 5.92 Å². The molecule has 1 saturated heterocycles. The second-order valence-electron chi connectivity index (χ2n) is 5.37. The van der Waals surface area contributed by atoms with Gasteiger partial charge in [0.25, 0.3) is 0 Å². The third kappa shape index (κ3) is 2.38. The van der Waals surface area contributed by atoms with Crippen LogP contribution in [0.25, 0.3) is 0 Å². The molecule has 102 valence electrons. The molecular formula is C15H19NOS2. The lowest BCUT2D eigenvalue weighted by atomic mass is 9.73. The van der Waals surface area contributed by atoms with Crippen LogP contribution in [0, 0.1) is 5.92 Å². The van der Waals surface area contributed by atoms with Gasteiger partial charge in [-0.1, -0.05) is 0 Å². The largest absolute Gasteiger partial charge is 0.380 e. The number of piperidine rings is 1. The monoisotopic (exact) mass is 293 g/mol. The van der Waals surface area contributed by atoms with Crippen molar-refractivity contribution in [1.29, 1.82) is 0 Å². The Kier molecular flexibility index (Phi) is 3.76. The molecule has 1 aliphatic rings. The van der Waals surface area contributed by atoms with Crippen molar-refractivity contribution in [2.75, 3.05) is 20.1 Å². The van der Waals surface area contributed by atoms with E-state index in [1.165, 1.54) is 0 Å². The van der Waals surface area contributed by atoms with E-state index in [1.807, 2.05) is 0 Å². The lowest BCUT2D eigenvalue weighted by Crippen LogP contribution is -2.42. The first-order valence-electron chi connectivity index (χ1n) is 6.67. The first-order valence-corrected chi connectivity index (χ1v) is 8.56. The molecule has 0 spiro atoms. The molecule has 2 aromatic heterocycles. The first-order chi connectivity index (χ1) is 9.21. The summed E-state index contributed by atoms with van der Waals surface area (Å²) in [5.41, 5.74) is 1.32. The highest BCUT2D eigenvalue weighted by molar-refractivity contribution is 7.08. The quantitative estimate of drug-likeness (QED) is 0.937. The van der Waals surface area contributed by atoms with Gasteiger partial charge in [-0.25, -0.2) is 0 Å². The van der Waals surface area contributed by atoms with Crippen LogP contribution in [0.2, 0.25) is 0 Å². The minimum absolute atomic E-state index is 0.313. The van der Waals surface area contributed by atoms with E-state index in [-0.39, 0.29) is 0 Å². The third-order valence-electron chi connectivity index (χ3n) is 4.23. The van der Waals surface area contributed by atoms with Crippen LogP contribution in [0.3, 0.4) is 0 Å². The summed E-state index contributed by atoms with van der Waals surface area (Å²) in [6.07, 6.45) is 2.11. The Morgan fingerprint density at radius 3 is 2.05 bits per heavy atom. The summed E-state index contributed by atoms with van der Waals surface area (Å²) in [6.45, 7) is 2.14. The Labute approximate surface area is 122 Å². The van der Waals surface area contributed by atoms with Crippen LogP contribution in [-0.4, -0.2) is 30.1 Å². The van der Waals surface area contributed by atoms with Crippen molar-refractivity contribution in [2.45, 2.75) is 18.4 Å². The first kappa shape index (κ1) is 13.3. The fourth-order valence-corrected chi connectivity index (χ4v) is 4.44. The van der Waals surface area contributed by atoms with Crippen LogP contribution in [0.1, 0.15) is 24.0 Å². The maximum absolute atomic E-state index is 11.4. The van der Waals surface area contributed by atoms with Crippen molar-refractivity contribution in [3.8, 4) is 0 Å². The van der Waals surface area contributed by atoms with Gasteiger partial charge in [-0.3, -0.25) is 0 Å². The predicted octanol–water partition coefficient (Wildman–Crippen LogP) is 3.39. The van der Waals surface area contributed by atoms with Crippen molar-refractivity contribution in [2.24, 2.45) is 5.92 Å². The van der Waals surface area contributed by atoms with Crippen LogP contribution in [0.5, 0.6) is 0 Å². The number of aliphatic hydroxyl groups is 1. The topological polar surface area (TPSA) is 23.5 Å². The molecule has 1 N–H and O–H groups in total. The second-order valence-corrected chi connectivity index (χ2v) is 6.93. The Bertz CT molecular complexity index is 464. The fraction of sp³-hybridized carbons (Fsp3) is 0.467. The number of hydrogen-bond acceptors (Lipinski definition) is 4. The molecule has 3 rings (SSSR count). The highest BCUT2D eigenvalue weighted by Gasteiger charge is 2.41. The summed E-state index contributed by atoms with van der Waals surface area (Å²) < 4.78 is 0. The van der Waals surface area contributed by atoms with Gasteiger partial charge in [-0.05, 0) is 83.7 Å². The number of hydrogen-bond donors (Lipinski definition) is 1. The molecule has 0 unspecified atom stereocenters. The van der Waals surface area contributed by atoms with Gasteiger partial charge in [-0.15, -0.1) is 0 Å². The summed E-state index contributed by atoms with van der Waals surface area (Å²) >= 11 is 3.32. The molecule has 0 radical (unpaired) electrons. The van der Waals surface area contributed by atoms with Gasteiger partial charge in [-0.2, -0.15) is 22.7 Å². The van der Waals surface area contributed by atoms with E-state index in [4.69, 9.17) is 0 Å². The van der Waals surface area contributed by atoms with Crippen LogP contribution in [-0.2, 0) is 5.60 Å². The van der Waals surface area contributed by atoms with Crippen molar-refractivity contribution >= 4 is 22.7 Å². The summed E-state index contributed by atoms with van der Waals surface area (Å²) in [5, 5.41) is 19.7. The van der Waals surface area contributed by atoms with Crippen LogP contribution >= 0.6 is 22.7 Å². The minimum atomic E-state index is -0.804. The van der Waals surface area contributed by atoms with Crippen LogP contribution in [0.15, 0.2) is 33.7 Å². The Morgan fingerprint density at radius 2 is 1.63 bits per heavy atom. The van der Waals surface area contributed by atoms with Gasteiger partial charge in [0, 0.05) is 0 Å². The lowest BCUT2D eigenvalue weighted by Gasteiger charge is -2.40. The van der Waals surface area contributed by atoms with Crippen LogP contribution in [0.4, 0.5) is 0 Å². The number of rotatable bonds is 3. The van der Waals surface area contributed by atoms with Crippen molar-refractivity contribution in [1.82, 2.24) is 4.90 Å². The minimum Gasteiger partial charge on any atom is -0.380 e. The molecule has 2 aromatic rings. The molecule has 19 heavy (non-hydrogen) atoms. The van der Waals surface area contributed by atoms with Gasteiger partial charge in [0.2, 0.25) is 0 Å². The average molecular weight is 293 g/mol. The molecule has 0 bridgehead atoms. The fourth-order valence-electron chi connectivity index (χ4n) is 3.03. The Hall–Kier alpha value is -0.680. The van der Waals surface area contributed by atoms with Gasteiger partial charge >= 0.3 is 0 Å². The van der Waals surface area contributed by atoms with Gasteiger partial charge < -0.3 is 10.0 Å². The summed E-state index contributed by atoms with van der Waals surface area (Å²) in [4.78, 5) is 2.35. The van der Waals surface area contributed by atoms with Crippen LogP contribution < -0.4 is 0 Å². The Balaban J connectivity index is 1.98. The Morgan fingerprint density at radius 1 is 1.11 bits per heavy atom. The molecular weight excluding hydrogens is 274 g/mol. The highest BCUT2D eigenvalue weighted by atomic mass is 32.1. The summed E-state index contributed by atoms with van der Waals surface area (Å²) in [5.74, 6) is 0.313. The van der Waals surface area contributed by atoms with E-state index < -0.39 is 5.60 Å². The summed E-state index contributed by atoms with van der Waals surface area (Å²) in [7, 11) is 2.16. The van der Waals surface area contributed by atoms with Gasteiger partial charge in [0.1, 0.15) is 5.60 Å². The number of nitrogens with zero attached hydrogens (tertiary/aromatic N) is 1. The normalized spacial score (nSPS) is 18.8. The second kappa shape index (κ2) is 5.37. The standard InChI is InChI=1S/C15H19NOS2/c1-16-6-2-12(3-7-16)15(17,13-4-8-18-10-13)14-5-9-19-11-14/h4-5,8-12,17H,2-3,6-7H2,1H3. The molecule has 1 fully saturated rings. The summed E-state index contributed by atoms with van der Waals surface area (Å²) in [6, 6.07) is 4.14. The molecule has 1 aliphatic heterocycles. The third-order valence-corrected chi connectivity index (χ3v) is 5.60. The molecule has 0 atom stereocenters. The SMILES string of the molecule is CN1CCC(C(O)(c2ccsc2)c2ccsc2)CC1. The number of thiophene rings is 2. The predicted molar refractivity (Wildman–Crippen MR) is 81.9 cm³/mol. The highest BCUT2D eigenvalue weighted by Crippen LogP contribution is 2.43. The van der Waals surface area contributed by atoms with Gasteiger partial charge in [0.15, 0.2) is 0 Å². The smallest absolute Gasteiger partial charge is 0.119 e. The molecule has 3 heterocycles. The molecule has 0 aromatic carbocycles. The molecule has 0 aliphatic carbocycles. The zero-order valence-electron chi connectivity index (χ0n) is 11.1.